The summed E-state index contributed by atoms with van der Waals surface area (Å²) in [6, 6.07) is 3.93. The van der Waals surface area contributed by atoms with Crippen molar-refractivity contribution in [1.29, 1.82) is 0 Å². The van der Waals surface area contributed by atoms with Crippen LogP contribution in [0.3, 0.4) is 0 Å². The van der Waals surface area contributed by atoms with Gasteiger partial charge in [-0.15, -0.1) is 5.10 Å². The molecule has 31 heavy (non-hydrogen) atoms. The highest BCUT2D eigenvalue weighted by molar-refractivity contribution is 7.92. The molecule has 1 N–H and O–H groups in total. The van der Waals surface area contributed by atoms with E-state index in [0.29, 0.717) is 15.6 Å². The summed E-state index contributed by atoms with van der Waals surface area (Å²) in [6.45, 7) is 6.13. The van der Waals surface area contributed by atoms with E-state index < -0.39 is 38.8 Å². The fraction of sp³-hybridized carbons (Fsp3) is 0.333. The number of nitrogens with zero attached hydrogens (tertiary/aromatic N) is 4. The smallest absolute Gasteiger partial charge is 0.433 e. The van der Waals surface area contributed by atoms with Crippen LogP contribution in [0.1, 0.15) is 39.8 Å². The van der Waals surface area contributed by atoms with E-state index in [-0.39, 0.29) is 23.6 Å². The molecule has 0 unspecified atom stereocenters. The predicted octanol–water partition coefficient (Wildman–Crippen LogP) is 3.05. The van der Waals surface area contributed by atoms with Crippen molar-refractivity contribution in [3.8, 4) is 0 Å². The molecule has 3 aromatic rings. The zero-order chi connectivity index (χ0) is 23.1. The van der Waals surface area contributed by atoms with Gasteiger partial charge in [0.2, 0.25) is 0 Å². The van der Waals surface area contributed by atoms with E-state index in [4.69, 9.17) is 4.74 Å². The Morgan fingerprint density at radius 2 is 1.81 bits per heavy atom. The van der Waals surface area contributed by atoms with E-state index >= 15 is 0 Å². The molecule has 0 spiro atoms. The Bertz CT molecular complexity index is 1290. The Labute approximate surface area is 175 Å². The van der Waals surface area contributed by atoms with Gasteiger partial charge < -0.3 is 4.74 Å². The first-order valence-electron chi connectivity index (χ1n) is 8.97. The SMILES string of the molecule is CCOC(=O)c1c(C)ccc(C)c1NS(=O)(=O)c1nc2nc(C)cc(C(F)(F)F)n2n1. The van der Waals surface area contributed by atoms with Crippen molar-refractivity contribution in [3.63, 3.8) is 0 Å². The standard InChI is InChI=1S/C18H18F3N5O4S/c1-5-30-15(27)13-9(2)6-7-10(3)14(13)25-31(28,29)17-23-16-22-11(4)8-12(18(19,20)21)26(16)24-17/h6-8,25H,5H2,1-4H3. The summed E-state index contributed by atoms with van der Waals surface area (Å²) >= 11 is 0. The maximum absolute atomic E-state index is 13.3. The number of benzene rings is 1. The predicted molar refractivity (Wildman–Crippen MR) is 103 cm³/mol. The lowest BCUT2D eigenvalue weighted by molar-refractivity contribution is -0.142. The highest BCUT2D eigenvalue weighted by Gasteiger charge is 2.36. The Balaban J connectivity index is 2.14. The van der Waals surface area contributed by atoms with Gasteiger partial charge in [-0.3, -0.25) is 4.72 Å². The van der Waals surface area contributed by atoms with Crippen LogP contribution in [0.5, 0.6) is 0 Å². The number of ether oxygens (including phenoxy) is 1. The molecule has 0 aliphatic carbocycles. The molecule has 1 aromatic carbocycles. The first kappa shape index (κ1) is 22.5. The summed E-state index contributed by atoms with van der Waals surface area (Å²) in [5, 5.41) is 2.58. The van der Waals surface area contributed by atoms with Gasteiger partial charge in [0, 0.05) is 5.69 Å². The molecule has 0 fully saturated rings. The van der Waals surface area contributed by atoms with Crippen molar-refractivity contribution in [3.05, 3.63) is 46.3 Å². The second kappa shape index (κ2) is 7.80. The number of nitrogens with one attached hydrogen (secondary N) is 1. The molecule has 3 rings (SSSR count). The lowest BCUT2D eigenvalue weighted by Gasteiger charge is -2.15. The lowest BCUT2D eigenvalue weighted by atomic mass is 10.0. The number of hydrogen-bond acceptors (Lipinski definition) is 7. The number of fused-ring (bicyclic) bond motifs is 1. The first-order chi connectivity index (χ1) is 14.3. The van der Waals surface area contributed by atoms with Crippen molar-refractivity contribution in [2.24, 2.45) is 0 Å². The third-order valence-electron chi connectivity index (χ3n) is 4.29. The van der Waals surface area contributed by atoms with Gasteiger partial charge in [0.25, 0.3) is 21.0 Å². The third kappa shape index (κ3) is 4.31. The van der Waals surface area contributed by atoms with E-state index in [1.54, 1.807) is 32.9 Å². The summed E-state index contributed by atoms with van der Waals surface area (Å²) in [6.07, 6.45) is -4.81. The molecule has 2 heterocycles. The zero-order valence-corrected chi connectivity index (χ0v) is 17.7. The summed E-state index contributed by atoms with van der Waals surface area (Å²) in [7, 11) is -4.57. The highest BCUT2D eigenvalue weighted by Crippen LogP contribution is 2.30. The minimum atomic E-state index is -4.81. The van der Waals surface area contributed by atoms with Gasteiger partial charge in [0.15, 0.2) is 5.69 Å². The van der Waals surface area contributed by atoms with E-state index in [1.165, 1.54) is 6.92 Å². The Morgan fingerprint density at radius 1 is 1.16 bits per heavy atom. The summed E-state index contributed by atoms with van der Waals surface area (Å²) in [5.41, 5.74) is -0.477. The van der Waals surface area contributed by atoms with Gasteiger partial charge in [-0.25, -0.2) is 9.78 Å². The number of alkyl halides is 3. The van der Waals surface area contributed by atoms with Crippen LogP contribution in [-0.4, -0.2) is 40.6 Å². The molecule has 9 nitrogen and oxygen atoms in total. The third-order valence-corrected chi connectivity index (χ3v) is 5.42. The summed E-state index contributed by atoms with van der Waals surface area (Å²) in [4.78, 5) is 19.8. The normalized spacial score (nSPS) is 12.2. The number of carbonyl (C=O) groups excluding carboxylic acids is 1. The maximum Gasteiger partial charge on any atom is 0.433 e. The minimum absolute atomic E-state index is 0.0109. The van der Waals surface area contributed by atoms with E-state index in [1.807, 2.05) is 0 Å². The zero-order valence-electron chi connectivity index (χ0n) is 16.9. The topological polar surface area (TPSA) is 116 Å². The molecule has 0 aliphatic rings. The fourth-order valence-electron chi connectivity index (χ4n) is 2.87. The second-order valence-electron chi connectivity index (χ2n) is 6.66. The van der Waals surface area contributed by atoms with Crippen LogP contribution in [0, 0.1) is 20.8 Å². The Hall–Kier alpha value is -3.22. The molecule has 166 valence electrons. The molecule has 0 atom stereocenters. The van der Waals surface area contributed by atoms with Gasteiger partial charge in [0.05, 0.1) is 17.9 Å². The molecule has 0 radical (unpaired) electrons. The number of halogens is 3. The Kier molecular flexibility index (Phi) is 5.65. The number of aromatic nitrogens is 4. The van der Waals surface area contributed by atoms with Crippen LogP contribution in [0.15, 0.2) is 23.4 Å². The van der Waals surface area contributed by atoms with Crippen molar-refractivity contribution in [1.82, 2.24) is 19.6 Å². The number of sulfonamides is 1. The molecule has 0 aliphatic heterocycles. The number of esters is 1. The van der Waals surface area contributed by atoms with Gasteiger partial charge >= 0.3 is 12.1 Å². The molecule has 13 heteroatoms. The van der Waals surface area contributed by atoms with Gasteiger partial charge in [0.1, 0.15) is 0 Å². The average molecular weight is 457 g/mol. The van der Waals surface area contributed by atoms with Gasteiger partial charge in [-0.2, -0.15) is 31.1 Å². The number of aryl methyl sites for hydroxylation is 3. The average Bonchev–Trinajstić information content (AvgIpc) is 3.08. The van der Waals surface area contributed by atoms with Crippen LogP contribution < -0.4 is 4.72 Å². The van der Waals surface area contributed by atoms with Crippen molar-refractivity contribution >= 4 is 27.5 Å². The van der Waals surface area contributed by atoms with Crippen LogP contribution in [0.4, 0.5) is 18.9 Å². The van der Waals surface area contributed by atoms with E-state index in [2.05, 4.69) is 19.8 Å². The number of carbonyl (C=O) groups is 1. The highest BCUT2D eigenvalue weighted by atomic mass is 32.2. The molecule has 0 saturated heterocycles. The number of rotatable bonds is 5. The van der Waals surface area contributed by atoms with Crippen LogP contribution in [0.2, 0.25) is 0 Å². The quantitative estimate of drug-likeness (QED) is 0.586. The Morgan fingerprint density at radius 3 is 2.42 bits per heavy atom. The van der Waals surface area contributed by atoms with Crippen molar-refractivity contribution in [2.75, 3.05) is 11.3 Å². The summed E-state index contributed by atoms with van der Waals surface area (Å²) < 4.78 is 73.3. The number of hydrogen-bond donors (Lipinski definition) is 1. The molecule has 0 bridgehead atoms. The number of anilines is 1. The molecule has 0 saturated carbocycles. The fourth-order valence-corrected chi connectivity index (χ4v) is 3.89. The van der Waals surface area contributed by atoms with Crippen LogP contribution >= 0.6 is 0 Å². The molecular formula is C18H18F3N5O4S. The van der Waals surface area contributed by atoms with Gasteiger partial charge in [-0.05, 0) is 44.9 Å². The lowest BCUT2D eigenvalue weighted by Crippen LogP contribution is -2.20. The largest absolute Gasteiger partial charge is 0.462 e. The molecular weight excluding hydrogens is 439 g/mol. The van der Waals surface area contributed by atoms with Crippen molar-refractivity contribution < 1.29 is 31.1 Å². The van der Waals surface area contributed by atoms with E-state index in [0.717, 1.165) is 6.07 Å². The molecule has 0 amide bonds. The molecule has 2 aromatic heterocycles. The van der Waals surface area contributed by atoms with Crippen LogP contribution in [-0.2, 0) is 20.9 Å². The monoisotopic (exact) mass is 457 g/mol. The summed E-state index contributed by atoms with van der Waals surface area (Å²) in [5.74, 6) is -1.28. The van der Waals surface area contributed by atoms with Crippen molar-refractivity contribution in [2.45, 2.75) is 39.0 Å². The maximum atomic E-state index is 13.3. The second-order valence-corrected chi connectivity index (χ2v) is 8.24. The minimum Gasteiger partial charge on any atom is -0.462 e. The first-order valence-corrected chi connectivity index (χ1v) is 10.4. The van der Waals surface area contributed by atoms with Crippen LogP contribution in [0.25, 0.3) is 5.78 Å². The van der Waals surface area contributed by atoms with E-state index in [9.17, 15) is 26.4 Å². The van der Waals surface area contributed by atoms with Gasteiger partial charge in [-0.1, -0.05) is 12.1 Å².